The van der Waals surface area contributed by atoms with Gasteiger partial charge < -0.3 is 10.6 Å². The van der Waals surface area contributed by atoms with Gasteiger partial charge >= 0.3 is 6.18 Å². The second kappa shape index (κ2) is 5.46. The Morgan fingerprint density at radius 3 is 2.84 bits per heavy atom. The van der Waals surface area contributed by atoms with Crippen molar-refractivity contribution in [3.8, 4) is 0 Å². The lowest BCUT2D eigenvalue weighted by Gasteiger charge is -2.10. The van der Waals surface area contributed by atoms with Gasteiger partial charge in [-0.3, -0.25) is 4.99 Å². The Labute approximate surface area is 109 Å². The van der Waals surface area contributed by atoms with Crippen LogP contribution in [0.4, 0.5) is 13.2 Å². The van der Waals surface area contributed by atoms with Crippen LogP contribution < -0.4 is 10.6 Å². The van der Waals surface area contributed by atoms with E-state index in [2.05, 4.69) is 20.6 Å². The van der Waals surface area contributed by atoms with E-state index in [9.17, 15) is 13.2 Å². The standard InChI is InChI=1S/C12H15F3N4/c1-8-7-17-11(18-8)16-6-5-9-3-2-4-10(19-9)12(13,14)15/h2-4,8H,5-7H2,1H3,(H2,16,17,18). The average molecular weight is 272 g/mol. The van der Waals surface area contributed by atoms with E-state index in [1.165, 1.54) is 6.07 Å². The largest absolute Gasteiger partial charge is 0.433 e. The number of rotatable bonds is 3. The van der Waals surface area contributed by atoms with Gasteiger partial charge in [-0.05, 0) is 19.1 Å². The van der Waals surface area contributed by atoms with Crippen molar-refractivity contribution in [3.63, 3.8) is 0 Å². The fourth-order valence-electron chi connectivity index (χ4n) is 1.75. The van der Waals surface area contributed by atoms with E-state index in [0.29, 0.717) is 37.2 Å². The molecule has 0 spiro atoms. The van der Waals surface area contributed by atoms with E-state index in [0.717, 1.165) is 6.07 Å². The average Bonchev–Trinajstić information content (AvgIpc) is 2.74. The zero-order chi connectivity index (χ0) is 13.9. The van der Waals surface area contributed by atoms with Crippen LogP contribution in [-0.2, 0) is 12.6 Å². The number of aliphatic imine (C=N–C) groups is 1. The Morgan fingerprint density at radius 1 is 1.42 bits per heavy atom. The van der Waals surface area contributed by atoms with Crippen molar-refractivity contribution in [1.82, 2.24) is 15.6 Å². The molecule has 0 aromatic carbocycles. The smallest absolute Gasteiger partial charge is 0.356 e. The Balaban J connectivity index is 1.86. The Hall–Kier alpha value is -1.79. The number of pyridine rings is 1. The molecule has 0 bridgehead atoms. The summed E-state index contributed by atoms with van der Waals surface area (Å²) in [5, 5.41) is 6.15. The van der Waals surface area contributed by atoms with E-state index >= 15 is 0 Å². The van der Waals surface area contributed by atoms with Crippen molar-refractivity contribution in [2.45, 2.75) is 25.6 Å². The molecule has 1 aromatic rings. The first-order valence-corrected chi connectivity index (χ1v) is 6.03. The first-order valence-electron chi connectivity index (χ1n) is 6.03. The van der Waals surface area contributed by atoms with Crippen LogP contribution in [0, 0.1) is 0 Å². The molecule has 1 unspecified atom stereocenters. The lowest BCUT2D eigenvalue weighted by molar-refractivity contribution is -0.141. The van der Waals surface area contributed by atoms with Crippen LogP contribution in [0.25, 0.3) is 0 Å². The fourth-order valence-corrected chi connectivity index (χ4v) is 1.75. The molecule has 1 aromatic heterocycles. The molecule has 0 saturated heterocycles. The molecule has 104 valence electrons. The molecule has 0 aliphatic carbocycles. The zero-order valence-electron chi connectivity index (χ0n) is 10.5. The zero-order valence-corrected chi connectivity index (χ0v) is 10.5. The first kappa shape index (κ1) is 13.6. The molecule has 1 atom stereocenters. The lowest BCUT2D eigenvalue weighted by atomic mass is 10.2. The number of guanidine groups is 1. The number of nitrogens with zero attached hydrogens (tertiary/aromatic N) is 2. The Bertz CT molecular complexity index is 470. The van der Waals surface area contributed by atoms with Gasteiger partial charge in [0.15, 0.2) is 5.96 Å². The summed E-state index contributed by atoms with van der Waals surface area (Å²) in [7, 11) is 0. The predicted octanol–water partition coefficient (Wildman–Crippen LogP) is 1.58. The quantitative estimate of drug-likeness (QED) is 0.878. The first-order chi connectivity index (χ1) is 8.95. The summed E-state index contributed by atoms with van der Waals surface area (Å²) >= 11 is 0. The van der Waals surface area contributed by atoms with E-state index in [4.69, 9.17) is 0 Å². The highest BCUT2D eigenvalue weighted by Crippen LogP contribution is 2.27. The summed E-state index contributed by atoms with van der Waals surface area (Å²) in [5.41, 5.74) is -0.441. The number of alkyl halides is 3. The van der Waals surface area contributed by atoms with E-state index in [1.807, 2.05) is 6.92 Å². The maximum absolute atomic E-state index is 12.5. The second-order valence-electron chi connectivity index (χ2n) is 4.42. The van der Waals surface area contributed by atoms with Crippen LogP contribution in [0.2, 0.25) is 0 Å². The van der Waals surface area contributed by atoms with Gasteiger partial charge in [0.05, 0.1) is 6.54 Å². The molecule has 7 heteroatoms. The Kier molecular flexibility index (Phi) is 3.92. The van der Waals surface area contributed by atoms with Crippen molar-refractivity contribution < 1.29 is 13.2 Å². The number of hydrogen-bond acceptors (Lipinski definition) is 4. The summed E-state index contributed by atoms with van der Waals surface area (Å²) in [5.74, 6) is 0.694. The highest BCUT2D eigenvalue weighted by atomic mass is 19.4. The molecular formula is C12H15F3N4. The van der Waals surface area contributed by atoms with Crippen molar-refractivity contribution in [2.24, 2.45) is 4.99 Å². The topological polar surface area (TPSA) is 49.3 Å². The number of hydrogen-bond donors (Lipinski definition) is 2. The molecule has 0 amide bonds. The van der Waals surface area contributed by atoms with Crippen LogP contribution in [0.5, 0.6) is 0 Å². The summed E-state index contributed by atoms with van der Waals surface area (Å²) < 4.78 is 37.4. The van der Waals surface area contributed by atoms with Gasteiger partial charge in [0.25, 0.3) is 0 Å². The number of nitrogens with one attached hydrogen (secondary N) is 2. The number of aromatic nitrogens is 1. The lowest BCUT2D eigenvalue weighted by Crippen LogP contribution is -2.38. The minimum absolute atomic E-state index is 0.300. The monoisotopic (exact) mass is 272 g/mol. The third-order valence-electron chi connectivity index (χ3n) is 2.68. The molecule has 19 heavy (non-hydrogen) atoms. The molecule has 1 aliphatic rings. The van der Waals surface area contributed by atoms with E-state index < -0.39 is 11.9 Å². The SMILES string of the molecule is CC1CN=C(NCCc2cccc(C(F)(F)F)n2)N1. The van der Waals surface area contributed by atoms with Crippen molar-refractivity contribution in [3.05, 3.63) is 29.6 Å². The van der Waals surface area contributed by atoms with Crippen LogP contribution >= 0.6 is 0 Å². The van der Waals surface area contributed by atoms with E-state index in [1.54, 1.807) is 6.07 Å². The summed E-state index contributed by atoms with van der Waals surface area (Å²) in [4.78, 5) is 7.80. The molecular weight excluding hydrogens is 257 g/mol. The van der Waals surface area contributed by atoms with Gasteiger partial charge in [0.1, 0.15) is 5.69 Å². The van der Waals surface area contributed by atoms with Gasteiger partial charge in [-0.2, -0.15) is 13.2 Å². The summed E-state index contributed by atoms with van der Waals surface area (Å²) in [6, 6.07) is 4.23. The molecule has 4 nitrogen and oxygen atoms in total. The van der Waals surface area contributed by atoms with Gasteiger partial charge in [0, 0.05) is 24.7 Å². The Morgan fingerprint density at radius 2 is 2.21 bits per heavy atom. The summed E-state index contributed by atoms with van der Waals surface area (Å²) in [6.07, 6.45) is -3.98. The van der Waals surface area contributed by atoms with Crippen LogP contribution in [-0.4, -0.2) is 30.1 Å². The van der Waals surface area contributed by atoms with Gasteiger partial charge in [0.2, 0.25) is 0 Å². The highest BCUT2D eigenvalue weighted by Gasteiger charge is 2.32. The number of halogens is 3. The molecule has 0 saturated carbocycles. The molecule has 1 aliphatic heterocycles. The van der Waals surface area contributed by atoms with Gasteiger partial charge in [-0.25, -0.2) is 4.98 Å². The molecule has 2 heterocycles. The molecule has 2 rings (SSSR count). The maximum Gasteiger partial charge on any atom is 0.433 e. The molecule has 2 N–H and O–H groups in total. The minimum atomic E-state index is -4.39. The maximum atomic E-state index is 12.5. The fraction of sp³-hybridized carbons (Fsp3) is 0.500. The molecule has 0 radical (unpaired) electrons. The normalized spacial score (nSPS) is 18.9. The highest BCUT2D eigenvalue weighted by molar-refractivity contribution is 5.81. The van der Waals surface area contributed by atoms with Crippen LogP contribution in [0.1, 0.15) is 18.3 Å². The molecule has 0 fully saturated rings. The second-order valence-corrected chi connectivity index (χ2v) is 4.42. The third-order valence-corrected chi connectivity index (χ3v) is 2.68. The van der Waals surface area contributed by atoms with Crippen molar-refractivity contribution in [1.29, 1.82) is 0 Å². The third kappa shape index (κ3) is 3.84. The summed E-state index contributed by atoms with van der Waals surface area (Å²) in [6.45, 7) is 3.21. The predicted molar refractivity (Wildman–Crippen MR) is 65.8 cm³/mol. The van der Waals surface area contributed by atoms with Gasteiger partial charge in [-0.1, -0.05) is 6.07 Å². The van der Waals surface area contributed by atoms with Crippen LogP contribution in [0.15, 0.2) is 23.2 Å². The minimum Gasteiger partial charge on any atom is -0.356 e. The van der Waals surface area contributed by atoms with E-state index in [-0.39, 0.29) is 0 Å². The van der Waals surface area contributed by atoms with Crippen molar-refractivity contribution in [2.75, 3.05) is 13.1 Å². The van der Waals surface area contributed by atoms with Gasteiger partial charge in [-0.15, -0.1) is 0 Å². The van der Waals surface area contributed by atoms with Crippen LogP contribution in [0.3, 0.4) is 0 Å². The van der Waals surface area contributed by atoms with Crippen molar-refractivity contribution >= 4 is 5.96 Å².